The highest BCUT2D eigenvalue weighted by atomic mass is 19.1. The monoisotopic (exact) mass is 451 g/mol. The minimum atomic E-state index is -0.269. The molecule has 0 saturated carbocycles. The van der Waals surface area contributed by atoms with Crippen LogP contribution in [-0.4, -0.2) is 42.4 Å². The Balaban J connectivity index is 1.68. The van der Waals surface area contributed by atoms with Crippen molar-refractivity contribution in [1.29, 1.82) is 0 Å². The molecule has 1 atom stereocenters. The molecule has 0 aliphatic carbocycles. The van der Waals surface area contributed by atoms with Gasteiger partial charge in [0, 0.05) is 37.1 Å². The molecule has 1 amide bonds. The third kappa shape index (κ3) is 5.49. The third-order valence-corrected chi connectivity index (χ3v) is 6.41. The fourth-order valence-corrected chi connectivity index (χ4v) is 4.70. The number of nitrogen functional groups attached to an aromatic ring is 1. The maximum atomic E-state index is 14.4. The van der Waals surface area contributed by atoms with Crippen molar-refractivity contribution in [2.45, 2.75) is 31.6 Å². The van der Waals surface area contributed by atoms with Gasteiger partial charge in [-0.15, -0.1) is 0 Å². The molecule has 1 saturated heterocycles. The summed E-state index contributed by atoms with van der Waals surface area (Å²) in [6.45, 7) is 1.55. The lowest BCUT2D eigenvalue weighted by Gasteiger charge is -2.31. The van der Waals surface area contributed by atoms with Crippen molar-refractivity contribution in [3.8, 4) is 11.1 Å². The number of fused-ring (bicyclic) bond motifs is 1. The summed E-state index contributed by atoms with van der Waals surface area (Å²) in [5.74, 6) is 0.501. The number of nitrogens with zero attached hydrogens (tertiary/aromatic N) is 1. The molecule has 1 aromatic heterocycles. The average molecular weight is 452 g/mol. The van der Waals surface area contributed by atoms with Gasteiger partial charge in [0.05, 0.1) is 12.1 Å². The number of aliphatic hydroxyl groups excluding tert-OH is 1. The number of aromatic nitrogens is 1. The Bertz CT molecular complexity index is 1120. The predicted octanol–water partition coefficient (Wildman–Crippen LogP) is 4.02. The number of halogens is 1. The Kier molecular flexibility index (Phi) is 7.52. The Morgan fingerprint density at radius 2 is 2.00 bits per heavy atom. The highest BCUT2D eigenvalue weighted by Gasteiger charge is 2.28. The van der Waals surface area contributed by atoms with Crippen LogP contribution in [0.4, 0.5) is 10.2 Å². The number of nitrogens with one attached hydrogen (secondary N) is 1. The second-order valence-electron chi connectivity index (χ2n) is 8.52. The van der Waals surface area contributed by atoms with Crippen LogP contribution in [0.2, 0.25) is 0 Å². The number of pyridine rings is 1. The van der Waals surface area contributed by atoms with E-state index in [9.17, 15) is 9.18 Å². The highest BCUT2D eigenvalue weighted by molar-refractivity contribution is 5.86. The lowest BCUT2D eigenvalue weighted by atomic mass is 9.78. The van der Waals surface area contributed by atoms with Crippen LogP contribution in [0.25, 0.3) is 22.0 Å². The number of amides is 1. The van der Waals surface area contributed by atoms with E-state index in [4.69, 9.17) is 15.6 Å². The highest BCUT2D eigenvalue weighted by Crippen LogP contribution is 2.39. The summed E-state index contributed by atoms with van der Waals surface area (Å²) in [5.41, 5.74) is 9.42. The second-order valence-corrected chi connectivity index (χ2v) is 8.52. The molecular formula is C26H30FN3O3. The zero-order valence-corrected chi connectivity index (χ0v) is 18.6. The van der Waals surface area contributed by atoms with Crippen LogP contribution in [0.1, 0.15) is 37.2 Å². The number of hydrogen-bond donors (Lipinski definition) is 3. The topological polar surface area (TPSA) is 97.5 Å². The van der Waals surface area contributed by atoms with Crippen molar-refractivity contribution in [3.05, 3.63) is 59.9 Å². The molecule has 6 nitrogen and oxygen atoms in total. The molecule has 2 heterocycles. The van der Waals surface area contributed by atoms with Gasteiger partial charge in [-0.3, -0.25) is 4.79 Å². The molecule has 0 radical (unpaired) electrons. The van der Waals surface area contributed by atoms with Crippen molar-refractivity contribution >= 4 is 22.6 Å². The number of nitrogens with two attached hydrogens (primary N) is 1. The fraction of sp³-hybridized carbons (Fsp3) is 0.385. The van der Waals surface area contributed by atoms with Crippen molar-refractivity contribution in [2.75, 3.05) is 32.1 Å². The molecule has 7 heteroatoms. The van der Waals surface area contributed by atoms with E-state index in [-0.39, 0.29) is 30.8 Å². The number of rotatable bonds is 8. The Hall–Kier alpha value is -3.03. The fourth-order valence-electron chi connectivity index (χ4n) is 4.70. The zero-order valence-electron chi connectivity index (χ0n) is 18.6. The van der Waals surface area contributed by atoms with Crippen LogP contribution in [0.5, 0.6) is 0 Å². The maximum Gasteiger partial charge on any atom is 0.220 e. The first-order valence-corrected chi connectivity index (χ1v) is 11.5. The molecule has 1 aliphatic rings. The van der Waals surface area contributed by atoms with Crippen molar-refractivity contribution in [2.24, 2.45) is 5.92 Å². The number of anilines is 1. The molecule has 1 fully saturated rings. The third-order valence-electron chi connectivity index (χ3n) is 6.41. The van der Waals surface area contributed by atoms with Crippen LogP contribution in [-0.2, 0) is 9.53 Å². The standard InChI is InChI=1S/C26H30FN3O3/c27-23-4-2-1-3-21(23)18-5-7-24-19(15-18)16-22(26(28)30-24)20(17-9-13-33-14-10-17)6-8-25(32)29-11-12-31/h1-5,7,15-17,20,31H,6,8-14H2,(H2,28,30)(H,29,32). The first-order chi connectivity index (χ1) is 16.1. The summed E-state index contributed by atoms with van der Waals surface area (Å²) in [6, 6.07) is 14.4. The van der Waals surface area contributed by atoms with Crippen molar-refractivity contribution in [1.82, 2.24) is 10.3 Å². The number of ether oxygens (including phenoxy) is 1. The average Bonchev–Trinajstić information content (AvgIpc) is 2.84. The van der Waals surface area contributed by atoms with Gasteiger partial charge in [0.2, 0.25) is 5.91 Å². The van der Waals surface area contributed by atoms with E-state index in [2.05, 4.69) is 10.3 Å². The van der Waals surface area contributed by atoms with Gasteiger partial charge < -0.3 is 20.9 Å². The van der Waals surface area contributed by atoms with E-state index < -0.39 is 0 Å². The van der Waals surface area contributed by atoms with Gasteiger partial charge in [-0.2, -0.15) is 0 Å². The summed E-state index contributed by atoms with van der Waals surface area (Å²) in [7, 11) is 0. The number of carbonyl (C=O) groups is 1. The van der Waals surface area contributed by atoms with E-state index in [1.165, 1.54) is 6.07 Å². The summed E-state index contributed by atoms with van der Waals surface area (Å²) >= 11 is 0. The van der Waals surface area contributed by atoms with Crippen molar-refractivity contribution < 1.29 is 19.0 Å². The number of hydrogen-bond acceptors (Lipinski definition) is 5. The summed E-state index contributed by atoms with van der Waals surface area (Å²) in [4.78, 5) is 16.9. The molecule has 0 bridgehead atoms. The van der Waals surface area contributed by atoms with Gasteiger partial charge in [-0.1, -0.05) is 24.3 Å². The summed E-state index contributed by atoms with van der Waals surface area (Å²) in [5, 5.41) is 12.6. The van der Waals surface area contributed by atoms with Crippen LogP contribution in [0, 0.1) is 11.7 Å². The van der Waals surface area contributed by atoms with Gasteiger partial charge in [0.25, 0.3) is 0 Å². The smallest absolute Gasteiger partial charge is 0.220 e. The first-order valence-electron chi connectivity index (χ1n) is 11.5. The lowest BCUT2D eigenvalue weighted by molar-refractivity contribution is -0.121. The SMILES string of the molecule is Nc1nc2ccc(-c3ccccc3F)cc2cc1C(CCC(=O)NCCO)C1CCOCC1. The number of carbonyl (C=O) groups excluding carboxylic acids is 1. The molecule has 1 aliphatic heterocycles. The molecule has 4 N–H and O–H groups in total. The van der Waals surface area contributed by atoms with Gasteiger partial charge in [0.15, 0.2) is 0 Å². The first kappa shape index (κ1) is 23.1. The number of aliphatic hydroxyl groups is 1. The molecule has 0 spiro atoms. The van der Waals surface area contributed by atoms with Gasteiger partial charge in [-0.25, -0.2) is 9.37 Å². The zero-order chi connectivity index (χ0) is 23.2. The van der Waals surface area contributed by atoms with Crippen molar-refractivity contribution in [3.63, 3.8) is 0 Å². The van der Waals surface area contributed by atoms with Crippen LogP contribution in [0.3, 0.4) is 0 Å². The molecule has 3 aromatic rings. The van der Waals surface area contributed by atoms with E-state index in [1.54, 1.807) is 12.1 Å². The lowest BCUT2D eigenvalue weighted by Crippen LogP contribution is -2.28. The van der Waals surface area contributed by atoms with E-state index in [0.717, 1.165) is 34.9 Å². The number of benzene rings is 2. The minimum Gasteiger partial charge on any atom is -0.395 e. The molecular weight excluding hydrogens is 421 g/mol. The minimum absolute atomic E-state index is 0.0581. The summed E-state index contributed by atoms with van der Waals surface area (Å²) < 4.78 is 19.9. The van der Waals surface area contributed by atoms with Crippen LogP contribution in [0.15, 0.2) is 48.5 Å². The van der Waals surface area contributed by atoms with Crippen LogP contribution < -0.4 is 11.1 Å². The van der Waals surface area contributed by atoms with E-state index in [0.29, 0.717) is 43.4 Å². The maximum absolute atomic E-state index is 14.4. The van der Waals surface area contributed by atoms with Gasteiger partial charge in [0.1, 0.15) is 11.6 Å². The molecule has 1 unspecified atom stereocenters. The molecule has 2 aromatic carbocycles. The molecule has 4 rings (SSSR count). The van der Waals surface area contributed by atoms with Gasteiger partial charge >= 0.3 is 0 Å². The second kappa shape index (κ2) is 10.7. The molecule has 174 valence electrons. The molecule has 33 heavy (non-hydrogen) atoms. The van der Waals surface area contributed by atoms with Gasteiger partial charge in [-0.05, 0) is 66.5 Å². The van der Waals surface area contributed by atoms with E-state index in [1.807, 2.05) is 30.3 Å². The Morgan fingerprint density at radius 1 is 1.21 bits per heavy atom. The van der Waals surface area contributed by atoms with E-state index >= 15 is 0 Å². The van der Waals surface area contributed by atoms with Crippen LogP contribution >= 0.6 is 0 Å². The quantitative estimate of drug-likeness (QED) is 0.481. The Labute approximate surface area is 193 Å². The predicted molar refractivity (Wildman–Crippen MR) is 127 cm³/mol. The Morgan fingerprint density at radius 3 is 2.76 bits per heavy atom. The largest absolute Gasteiger partial charge is 0.395 e. The normalized spacial score (nSPS) is 15.5. The summed E-state index contributed by atoms with van der Waals surface area (Å²) in [6.07, 6.45) is 2.77.